The number of carbonyl (C=O) groups is 2. The molecular weight excluding hydrogens is 358 g/mol. The van der Waals surface area contributed by atoms with E-state index >= 15 is 0 Å². The van der Waals surface area contributed by atoms with Crippen molar-refractivity contribution < 1.29 is 9.59 Å². The Hall–Kier alpha value is -1.71. The minimum absolute atomic E-state index is 0.0819. The summed E-state index contributed by atoms with van der Waals surface area (Å²) >= 11 is 2.84. The maximum atomic E-state index is 12.5. The number of aliphatic imine (C=N–C) groups is 1. The summed E-state index contributed by atoms with van der Waals surface area (Å²) in [7, 11) is 0. The third-order valence-electron chi connectivity index (χ3n) is 4.12. The van der Waals surface area contributed by atoms with Gasteiger partial charge < -0.3 is 10.2 Å². The van der Waals surface area contributed by atoms with E-state index in [2.05, 4.69) is 20.2 Å². The Bertz CT molecular complexity index is 679. The number of hydrogen-bond donors (Lipinski definition) is 1. The predicted molar refractivity (Wildman–Crippen MR) is 101 cm³/mol. The molecule has 0 atom stereocenters. The van der Waals surface area contributed by atoms with Crippen molar-refractivity contribution in [2.45, 2.75) is 6.92 Å². The van der Waals surface area contributed by atoms with Crippen molar-refractivity contribution in [3.8, 4) is 0 Å². The van der Waals surface area contributed by atoms with Gasteiger partial charge in [-0.05, 0) is 5.75 Å². The van der Waals surface area contributed by atoms with E-state index in [1.165, 1.54) is 23.1 Å². The molecule has 2 aliphatic rings. The zero-order valence-corrected chi connectivity index (χ0v) is 15.7. The minimum Gasteiger partial charge on any atom is -0.343 e. The molecule has 0 radical (unpaired) electrons. The summed E-state index contributed by atoms with van der Waals surface area (Å²) in [5, 5.41) is 6.16. The largest absolute Gasteiger partial charge is 0.343 e. The second kappa shape index (κ2) is 8.59. The summed E-state index contributed by atoms with van der Waals surface area (Å²) in [4.78, 5) is 36.2. The molecule has 3 rings (SSSR count). The molecule has 1 saturated heterocycles. The van der Waals surface area contributed by atoms with Crippen LogP contribution in [0.4, 0.5) is 0 Å². The third kappa shape index (κ3) is 4.47. The molecule has 0 aliphatic carbocycles. The number of piperazine rings is 1. The van der Waals surface area contributed by atoms with E-state index in [9.17, 15) is 9.59 Å². The average Bonchev–Trinajstić information content (AvgIpc) is 3.17. The maximum Gasteiger partial charge on any atom is 0.219 e. The molecule has 1 N–H and O–H groups in total. The highest BCUT2D eigenvalue weighted by Crippen LogP contribution is 2.20. The lowest BCUT2D eigenvalue weighted by Crippen LogP contribution is -2.48. The molecule has 9 heteroatoms. The number of hydrogen-bond acceptors (Lipinski definition) is 8. The lowest BCUT2D eigenvalue weighted by atomic mass is 10.1. The number of aromatic nitrogens is 1. The van der Waals surface area contributed by atoms with E-state index in [0.29, 0.717) is 13.1 Å². The minimum atomic E-state index is 0.0819. The van der Waals surface area contributed by atoms with Crippen LogP contribution in [-0.2, 0) is 9.59 Å². The molecule has 1 aromatic heterocycles. The average molecular weight is 380 g/mol. The van der Waals surface area contributed by atoms with Gasteiger partial charge in [-0.15, -0.1) is 11.3 Å². The van der Waals surface area contributed by atoms with Crippen molar-refractivity contribution in [1.82, 2.24) is 20.1 Å². The highest BCUT2D eigenvalue weighted by Gasteiger charge is 2.25. The summed E-state index contributed by atoms with van der Waals surface area (Å²) in [6.07, 6.45) is 2.65. The molecule has 25 heavy (non-hydrogen) atoms. The van der Waals surface area contributed by atoms with E-state index in [4.69, 9.17) is 0 Å². The van der Waals surface area contributed by atoms with Gasteiger partial charge in [0.15, 0.2) is 10.8 Å². The van der Waals surface area contributed by atoms with Gasteiger partial charge in [0, 0.05) is 55.6 Å². The van der Waals surface area contributed by atoms with E-state index in [0.717, 1.165) is 60.5 Å². The first-order valence-electron chi connectivity index (χ1n) is 8.23. The Morgan fingerprint density at radius 2 is 2.20 bits per heavy atom. The Morgan fingerprint density at radius 3 is 2.84 bits per heavy atom. The summed E-state index contributed by atoms with van der Waals surface area (Å²) in [5.41, 5.74) is 1.65. The van der Waals surface area contributed by atoms with Crippen LogP contribution in [0.2, 0.25) is 0 Å². The van der Waals surface area contributed by atoms with Crippen LogP contribution in [0.5, 0.6) is 0 Å². The van der Waals surface area contributed by atoms with Crippen molar-refractivity contribution >= 4 is 40.5 Å². The van der Waals surface area contributed by atoms with Gasteiger partial charge >= 0.3 is 0 Å². The van der Waals surface area contributed by atoms with Gasteiger partial charge in [-0.3, -0.25) is 19.5 Å². The topological polar surface area (TPSA) is 77.9 Å². The van der Waals surface area contributed by atoms with E-state index in [-0.39, 0.29) is 5.12 Å². The second-order valence-corrected chi connectivity index (χ2v) is 7.85. The van der Waals surface area contributed by atoms with Crippen molar-refractivity contribution in [2.75, 3.05) is 45.0 Å². The molecule has 0 aromatic carbocycles. The van der Waals surface area contributed by atoms with Gasteiger partial charge in [0.05, 0.1) is 6.54 Å². The van der Waals surface area contributed by atoms with Crippen LogP contribution in [0.25, 0.3) is 0 Å². The van der Waals surface area contributed by atoms with Crippen molar-refractivity contribution in [2.24, 2.45) is 4.99 Å². The first-order valence-corrected chi connectivity index (χ1v) is 10.1. The molecule has 0 saturated carbocycles. The molecule has 3 heterocycles. The standard InChI is InChI=1S/C16H21N5O2S2/c1-2-24-16(23)12-9-18-14(15-17-3-8-25-15)19-13(12)10-20-4-6-21(11-22)7-5-20/h3,8,11H,2,4-7,9-10H2,1H3,(H,18,19). The number of amidine groups is 1. The molecule has 0 spiro atoms. The number of thioether (sulfide) groups is 1. The van der Waals surface area contributed by atoms with Crippen LogP contribution in [0.15, 0.2) is 27.8 Å². The molecule has 1 aromatic rings. The normalized spacial score (nSPS) is 18.8. The highest BCUT2D eigenvalue weighted by molar-refractivity contribution is 8.14. The van der Waals surface area contributed by atoms with Crippen LogP contribution >= 0.6 is 23.1 Å². The van der Waals surface area contributed by atoms with Crippen molar-refractivity contribution in [3.63, 3.8) is 0 Å². The molecule has 0 bridgehead atoms. The lowest BCUT2D eigenvalue weighted by Gasteiger charge is -2.34. The van der Waals surface area contributed by atoms with Crippen LogP contribution in [-0.4, -0.2) is 77.2 Å². The van der Waals surface area contributed by atoms with Crippen LogP contribution in [0.3, 0.4) is 0 Å². The van der Waals surface area contributed by atoms with Gasteiger partial charge in [-0.2, -0.15) is 0 Å². The Morgan fingerprint density at radius 1 is 1.40 bits per heavy atom. The van der Waals surface area contributed by atoms with Crippen LogP contribution in [0, 0.1) is 0 Å². The maximum absolute atomic E-state index is 12.5. The van der Waals surface area contributed by atoms with Gasteiger partial charge in [0.25, 0.3) is 0 Å². The van der Waals surface area contributed by atoms with Crippen molar-refractivity contribution in [1.29, 1.82) is 0 Å². The van der Waals surface area contributed by atoms with Gasteiger partial charge in [0.1, 0.15) is 0 Å². The number of rotatable bonds is 6. The SMILES string of the molecule is CCSC(=O)C1=C(CN2CCN(C=O)CC2)NC(c2nccs2)=NC1. The van der Waals surface area contributed by atoms with Gasteiger partial charge in [-0.1, -0.05) is 18.7 Å². The number of carbonyl (C=O) groups excluding carboxylic acids is 2. The molecule has 0 unspecified atom stereocenters. The summed E-state index contributed by atoms with van der Waals surface area (Å²) < 4.78 is 0. The zero-order chi connectivity index (χ0) is 17.6. The van der Waals surface area contributed by atoms with Crippen LogP contribution < -0.4 is 5.32 Å². The van der Waals surface area contributed by atoms with Crippen LogP contribution in [0.1, 0.15) is 11.9 Å². The summed E-state index contributed by atoms with van der Waals surface area (Å²) in [5.74, 6) is 1.48. The molecule has 7 nitrogen and oxygen atoms in total. The summed E-state index contributed by atoms with van der Waals surface area (Å²) in [6.45, 7) is 6.06. The highest BCUT2D eigenvalue weighted by atomic mass is 32.2. The summed E-state index contributed by atoms with van der Waals surface area (Å²) in [6, 6.07) is 0. The Labute approximate surface area is 155 Å². The molecule has 134 valence electrons. The number of thiazole rings is 1. The smallest absolute Gasteiger partial charge is 0.219 e. The van der Waals surface area contributed by atoms with Gasteiger partial charge in [0.2, 0.25) is 11.5 Å². The molecule has 2 aliphatic heterocycles. The Kier molecular flexibility index (Phi) is 6.22. The number of nitrogens with zero attached hydrogens (tertiary/aromatic N) is 4. The molecule has 1 fully saturated rings. The van der Waals surface area contributed by atoms with Gasteiger partial charge in [-0.25, -0.2) is 4.98 Å². The fraction of sp³-hybridized carbons (Fsp3) is 0.500. The number of amides is 1. The lowest BCUT2D eigenvalue weighted by molar-refractivity contribution is -0.119. The van der Waals surface area contributed by atoms with Crippen molar-refractivity contribution in [3.05, 3.63) is 27.9 Å². The fourth-order valence-electron chi connectivity index (χ4n) is 2.76. The molecular formula is C16H21N5O2S2. The van der Waals surface area contributed by atoms with E-state index in [1.807, 2.05) is 12.3 Å². The first kappa shape index (κ1) is 18.1. The zero-order valence-electron chi connectivity index (χ0n) is 14.1. The van der Waals surface area contributed by atoms with E-state index < -0.39 is 0 Å². The second-order valence-electron chi connectivity index (χ2n) is 5.72. The first-order chi connectivity index (χ1) is 12.2. The quantitative estimate of drug-likeness (QED) is 0.737. The fourth-order valence-corrected chi connectivity index (χ4v) is 3.99. The Balaban J connectivity index is 1.74. The predicted octanol–water partition coefficient (Wildman–Crippen LogP) is 0.801. The monoisotopic (exact) mass is 379 g/mol. The third-order valence-corrected chi connectivity index (χ3v) is 5.70. The van der Waals surface area contributed by atoms with E-state index in [1.54, 1.807) is 11.1 Å². The molecule has 1 amide bonds. The number of nitrogens with one attached hydrogen (secondary N) is 1.